The first-order chi connectivity index (χ1) is 15.2. The quantitative estimate of drug-likeness (QED) is 0.468. The van der Waals surface area contributed by atoms with E-state index in [0.29, 0.717) is 6.42 Å². The number of imidazole rings is 1. The van der Waals surface area contributed by atoms with Crippen LogP contribution in [0.25, 0.3) is 16.2 Å². The van der Waals surface area contributed by atoms with Crippen LogP contribution < -0.4 is 4.90 Å². The van der Waals surface area contributed by atoms with Gasteiger partial charge < -0.3 is 9.80 Å². The molecular weight excluding hydrogens is 404 g/mol. The SMILES string of the molecule is CCc1ccc(-c2cn3c(CC(=O)N4CCN(c5ccccc5)CC4)csc3n2)cc1. The molecule has 2 aromatic heterocycles. The van der Waals surface area contributed by atoms with E-state index in [1.807, 2.05) is 11.0 Å². The van der Waals surface area contributed by atoms with Gasteiger partial charge in [0.05, 0.1) is 12.1 Å². The van der Waals surface area contributed by atoms with E-state index < -0.39 is 0 Å². The highest BCUT2D eigenvalue weighted by Gasteiger charge is 2.22. The number of anilines is 1. The molecule has 0 bridgehead atoms. The monoisotopic (exact) mass is 430 g/mol. The van der Waals surface area contributed by atoms with Crippen molar-refractivity contribution in [2.45, 2.75) is 19.8 Å². The number of aromatic nitrogens is 2. The maximum Gasteiger partial charge on any atom is 0.228 e. The Kier molecular flexibility index (Phi) is 5.47. The maximum absolute atomic E-state index is 13.0. The van der Waals surface area contributed by atoms with Crippen molar-refractivity contribution in [2.75, 3.05) is 31.1 Å². The third kappa shape index (κ3) is 4.08. The summed E-state index contributed by atoms with van der Waals surface area (Å²) < 4.78 is 2.08. The molecule has 1 aliphatic rings. The molecule has 0 radical (unpaired) electrons. The van der Waals surface area contributed by atoms with Crippen LogP contribution in [0.5, 0.6) is 0 Å². The summed E-state index contributed by atoms with van der Waals surface area (Å²) in [6.45, 7) is 5.43. The predicted molar refractivity (Wildman–Crippen MR) is 127 cm³/mol. The Morgan fingerprint density at radius 2 is 1.74 bits per heavy atom. The molecule has 3 heterocycles. The van der Waals surface area contributed by atoms with Crippen LogP contribution in [0.2, 0.25) is 0 Å². The number of aryl methyl sites for hydroxylation is 1. The fraction of sp³-hybridized carbons (Fsp3) is 0.280. The molecule has 0 saturated carbocycles. The third-order valence-corrected chi connectivity index (χ3v) is 6.92. The van der Waals surface area contributed by atoms with Crippen molar-refractivity contribution in [3.05, 3.63) is 77.4 Å². The van der Waals surface area contributed by atoms with Crippen LogP contribution in [-0.4, -0.2) is 46.4 Å². The minimum Gasteiger partial charge on any atom is -0.368 e. The van der Waals surface area contributed by atoms with Gasteiger partial charge in [0.15, 0.2) is 4.96 Å². The number of benzene rings is 2. The third-order valence-electron chi connectivity index (χ3n) is 6.03. The van der Waals surface area contributed by atoms with Gasteiger partial charge in [-0.1, -0.05) is 49.4 Å². The second-order valence-corrected chi connectivity index (χ2v) is 8.77. The standard InChI is InChI=1S/C25H26N4OS/c1-2-19-8-10-20(11-9-19)23-17-29-22(18-31-25(29)26-23)16-24(30)28-14-12-27(13-15-28)21-6-4-3-5-7-21/h3-11,17-18H,2,12-16H2,1H3. The molecule has 0 unspecified atom stereocenters. The number of amides is 1. The number of rotatable bonds is 5. The van der Waals surface area contributed by atoms with Gasteiger partial charge in [0, 0.05) is 54.7 Å². The van der Waals surface area contributed by atoms with Crippen molar-refractivity contribution >= 4 is 27.9 Å². The lowest BCUT2D eigenvalue weighted by molar-refractivity contribution is -0.130. The molecular formula is C25H26N4OS. The lowest BCUT2D eigenvalue weighted by atomic mass is 10.1. The van der Waals surface area contributed by atoms with E-state index in [0.717, 1.165) is 54.5 Å². The molecule has 0 N–H and O–H groups in total. The molecule has 1 saturated heterocycles. The number of thiazole rings is 1. The average Bonchev–Trinajstić information content (AvgIpc) is 3.42. The number of carbonyl (C=O) groups is 1. The van der Waals surface area contributed by atoms with Gasteiger partial charge in [0.25, 0.3) is 0 Å². The van der Waals surface area contributed by atoms with Crippen molar-refractivity contribution in [3.8, 4) is 11.3 Å². The Morgan fingerprint density at radius 3 is 2.45 bits per heavy atom. The summed E-state index contributed by atoms with van der Waals surface area (Å²) in [5, 5.41) is 2.06. The zero-order valence-electron chi connectivity index (χ0n) is 17.7. The highest BCUT2D eigenvalue weighted by molar-refractivity contribution is 7.15. The van der Waals surface area contributed by atoms with E-state index in [1.54, 1.807) is 11.3 Å². The van der Waals surface area contributed by atoms with Gasteiger partial charge in [-0.3, -0.25) is 9.20 Å². The number of carbonyl (C=O) groups excluding carboxylic acids is 1. The molecule has 5 rings (SSSR count). The molecule has 4 aromatic rings. The number of hydrogen-bond donors (Lipinski definition) is 0. The molecule has 0 atom stereocenters. The summed E-state index contributed by atoms with van der Waals surface area (Å²) in [6, 6.07) is 19.0. The van der Waals surface area contributed by atoms with Gasteiger partial charge in [0.1, 0.15) is 0 Å². The Labute approximate surface area is 186 Å². The minimum atomic E-state index is 0.190. The van der Waals surface area contributed by atoms with Gasteiger partial charge in [0.2, 0.25) is 5.91 Å². The van der Waals surface area contributed by atoms with Gasteiger partial charge >= 0.3 is 0 Å². The predicted octanol–water partition coefficient (Wildman–Crippen LogP) is 4.52. The van der Waals surface area contributed by atoms with E-state index in [9.17, 15) is 4.79 Å². The van der Waals surface area contributed by atoms with E-state index in [-0.39, 0.29) is 5.91 Å². The lowest BCUT2D eigenvalue weighted by Gasteiger charge is -2.36. The van der Waals surface area contributed by atoms with Crippen molar-refractivity contribution in [1.82, 2.24) is 14.3 Å². The molecule has 1 amide bonds. The highest BCUT2D eigenvalue weighted by atomic mass is 32.1. The van der Waals surface area contributed by atoms with Gasteiger partial charge in [-0.25, -0.2) is 4.98 Å². The Morgan fingerprint density at radius 1 is 1.00 bits per heavy atom. The summed E-state index contributed by atoms with van der Waals surface area (Å²) in [6.07, 6.45) is 3.50. The smallest absolute Gasteiger partial charge is 0.228 e. The number of nitrogens with zero attached hydrogens (tertiary/aromatic N) is 4. The summed E-state index contributed by atoms with van der Waals surface area (Å²) in [5.41, 5.74) is 5.64. The lowest BCUT2D eigenvalue weighted by Crippen LogP contribution is -2.49. The van der Waals surface area contributed by atoms with E-state index >= 15 is 0 Å². The molecule has 1 aliphatic heterocycles. The zero-order valence-corrected chi connectivity index (χ0v) is 18.5. The highest BCUT2D eigenvalue weighted by Crippen LogP contribution is 2.25. The normalized spacial score (nSPS) is 14.4. The first kappa shape index (κ1) is 19.8. The van der Waals surface area contributed by atoms with Gasteiger partial charge in [-0.15, -0.1) is 11.3 Å². The Bertz CT molecular complexity index is 1170. The van der Waals surface area contributed by atoms with Crippen LogP contribution in [0.1, 0.15) is 18.2 Å². The molecule has 0 aliphatic carbocycles. The second-order valence-electron chi connectivity index (χ2n) is 7.94. The molecule has 2 aromatic carbocycles. The number of hydrogen-bond acceptors (Lipinski definition) is 4. The fourth-order valence-corrected chi connectivity index (χ4v) is 5.00. The van der Waals surface area contributed by atoms with E-state index in [2.05, 4.69) is 76.3 Å². The first-order valence-electron chi connectivity index (χ1n) is 10.8. The first-order valence-corrected chi connectivity index (χ1v) is 11.7. The zero-order chi connectivity index (χ0) is 21.2. The van der Waals surface area contributed by atoms with Crippen LogP contribution in [0.15, 0.2) is 66.2 Å². The van der Waals surface area contributed by atoms with Crippen molar-refractivity contribution in [2.24, 2.45) is 0 Å². The molecule has 158 valence electrons. The van der Waals surface area contributed by atoms with Gasteiger partial charge in [-0.05, 0) is 24.1 Å². The Balaban J connectivity index is 1.26. The minimum absolute atomic E-state index is 0.190. The van der Waals surface area contributed by atoms with Gasteiger partial charge in [-0.2, -0.15) is 0 Å². The molecule has 0 spiro atoms. The van der Waals surface area contributed by atoms with Crippen LogP contribution in [0.4, 0.5) is 5.69 Å². The molecule has 6 heteroatoms. The van der Waals surface area contributed by atoms with E-state index in [4.69, 9.17) is 4.98 Å². The maximum atomic E-state index is 13.0. The van der Waals surface area contributed by atoms with E-state index in [1.165, 1.54) is 11.3 Å². The summed E-state index contributed by atoms with van der Waals surface area (Å²) in [4.78, 5) is 23.0. The van der Waals surface area contributed by atoms with Crippen LogP contribution >= 0.6 is 11.3 Å². The molecule has 31 heavy (non-hydrogen) atoms. The summed E-state index contributed by atoms with van der Waals surface area (Å²) >= 11 is 1.60. The largest absolute Gasteiger partial charge is 0.368 e. The summed E-state index contributed by atoms with van der Waals surface area (Å²) in [7, 11) is 0. The molecule has 1 fully saturated rings. The molecule has 5 nitrogen and oxygen atoms in total. The van der Waals surface area contributed by atoms with Crippen molar-refractivity contribution in [3.63, 3.8) is 0 Å². The van der Waals surface area contributed by atoms with Crippen LogP contribution in [-0.2, 0) is 17.6 Å². The Hall–Kier alpha value is -3.12. The fourth-order valence-electron chi connectivity index (χ4n) is 4.13. The average molecular weight is 431 g/mol. The van der Waals surface area contributed by atoms with Crippen LogP contribution in [0.3, 0.4) is 0 Å². The number of para-hydroxylation sites is 1. The van der Waals surface area contributed by atoms with Crippen LogP contribution in [0, 0.1) is 0 Å². The summed E-state index contributed by atoms with van der Waals surface area (Å²) in [5.74, 6) is 0.190. The second kappa shape index (κ2) is 8.55. The number of fused-ring (bicyclic) bond motifs is 1. The topological polar surface area (TPSA) is 40.9 Å². The van der Waals surface area contributed by atoms with Crippen molar-refractivity contribution < 1.29 is 4.79 Å². The number of piperazine rings is 1. The van der Waals surface area contributed by atoms with Crippen molar-refractivity contribution in [1.29, 1.82) is 0 Å².